The molecular formula is C58H72FN10O8S2-. The number of aromatic amines is 1. The molecule has 1 amide bonds. The number of piperazine rings is 1. The number of hydrogen-bond donors (Lipinski definition) is 5. The van der Waals surface area contributed by atoms with Crippen LogP contribution in [-0.4, -0.2) is 120 Å². The van der Waals surface area contributed by atoms with Crippen molar-refractivity contribution in [1.29, 1.82) is 4.78 Å². The van der Waals surface area contributed by atoms with Crippen LogP contribution in [-0.2, 0) is 26.3 Å². The number of pyridine rings is 2. The van der Waals surface area contributed by atoms with E-state index in [4.69, 9.17) is 14.3 Å². The lowest BCUT2D eigenvalue weighted by atomic mass is 9.59. The van der Waals surface area contributed by atoms with Crippen LogP contribution in [0.15, 0.2) is 101 Å². The van der Waals surface area contributed by atoms with E-state index in [2.05, 4.69) is 77.8 Å². The van der Waals surface area contributed by atoms with Gasteiger partial charge >= 0.3 is 0 Å². The molecule has 5 heterocycles. The van der Waals surface area contributed by atoms with Crippen LogP contribution in [0.2, 0.25) is 0 Å². The summed E-state index contributed by atoms with van der Waals surface area (Å²) < 4.78 is 77.5. The molecule has 4 fully saturated rings. The number of anilines is 3. The summed E-state index contributed by atoms with van der Waals surface area (Å²) in [5.74, 6) is -0.833. The maximum Gasteiger partial charge on any atom is 0.268 e. The number of benzene rings is 3. The Balaban J connectivity index is 0.853. The molecule has 3 aromatic carbocycles. The number of halogens is 1. The number of fused-ring (bicyclic) bond motifs is 1. The largest absolute Gasteiger partial charge is 0.758 e. The van der Waals surface area contributed by atoms with Crippen molar-refractivity contribution in [2.45, 2.75) is 112 Å². The quantitative estimate of drug-likeness (QED) is 0.0535. The highest BCUT2D eigenvalue weighted by molar-refractivity contribution is 7.91. The zero-order valence-electron chi connectivity index (χ0n) is 45.8. The molecule has 5 N–H and O–H groups in total. The number of hydrogen-bond acceptors (Lipinski definition) is 16. The van der Waals surface area contributed by atoms with Crippen LogP contribution in [0.25, 0.3) is 11.0 Å². The van der Waals surface area contributed by atoms with E-state index < -0.39 is 42.0 Å². The lowest BCUT2D eigenvalue weighted by Gasteiger charge is -2.58. The summed E-state index contributed by atoms with van der Waals surface area (Å²) in [6.45, 7) is 11.8. The molecule has 0 bridgehead atoms. The standard InChI is InChI=1S/C58H72FN10O8S2/c1-37(2)44-9-7-8-10-45(44)50-36-67(35-39-11-14-42(15-12-39)78(6,60)73)25-26-69(50)41-30-58(31-41)21-23-68(24-22-58)40-13-16-46(51(27-40)77-52-29-47-48(59)34-63-53(47)64-56(52)76-5)55(70)65-79(74,75)43-28-49(66(4)72)54(62-33-43)61-32-38-17-19-57(3,71)20-18-38/h7-16,27-29,33-34,37-38,41,50,60,71H,17-26,30-32,35-36H2,1-6H3,(H,61,62)(H,63,64)(H,65,70)/q-1/t38?,50-,57?,78?/m0/s1. The van der Waals surface area contributed by atoms with Crippen molar-refractivity contribution >= 4 is 53.9 Å². The van der Waals surface area contributed by atoms with Gasteiger partial charge in [0.2, 0.25) is 0 Å². The Morgan fingerprint density at radius 3 is 2.38 bits per heavy atom. The summed E-state index contributed by atoms with van der Waals surface area (Å²) >= 11 is 0. The number of carbonyl (C=O) groups excluding carboxylic acids is 1. The third kappa shape index (κ3) is 12.2. The minimum absolute atomic E-state index is 0.00226. The number of hydroxylamine groups is 1. The van der Waals surface area contributed by atoms with E-state index in [1.807, 2.05) is 31.2 Å². The summed E-state index contributed by atoms with van der Waals surface area (Å²) in [5.41, 5.74) is 4.11. The van der Waals surface area contributed by atoms with Gasteiger partial charge in [0.05, 0.1) is 39.1 Å². The number of piperidine rings is 1. The molecule has 2 saturated heterocycles. The third-order valence-corrected chi connectivity index (χ3v) is 19.4. The third-order valence-electron chi connectivity index (χ3n) is 16.9. The molecule has 18 nitrogen and oxygen atoms in total. The van der Waals surface area contributed by atoms with Gasteiger partial charge in [-0.2, -0.15) is 4.98 Å². The Labute approximate surface area is 462 Å². The van der Waals surface area contributed by atoms with Crippen LogP contribution in [0.1, 0.15) is 111 Å². The van der Waals surface area contributed by atoms with Gasteiger partial charge in [-0.1, -0.05) is 50.2 Å². The maximum atomic E-state index is 15.0. The van der Waals surface area contributed by atoms with E-state index in [9.17, 15) is 32.1 Å². The number of nitrogens with one attached hydrogen (secondary N) is 4. The fourth-order valence-corrected chi connectivity index (χ4v) is 13.8. The lowest BCUT2D eigenvalue weighted by Crippen LogP contribution is -2.60. The van der Waals surface area contributed by atoms with Crippen molar-refractivity contribution in [3.8, 4) is 17.4 Å². The second kappa shape index (κ2) is 22.3. The number of nitrogens with zero attached hydrogens (tertiary/aromatic N) is 6. The van der Waals surface area contributed by atoms with E-state index in [0.29, 0.717) is 41.3 Å². The minimum atomic E-state index is -4.62. The average molecular weight is 1120 g/mol. The topological polar surface area (TPSA) is 232 Å². The van der Waals surface area contributed by atoms with E-state index >= 15 is 0 Å². The van der Waals surface area contributed by atoms with Gasteiger partial charge in [-0.25, -0.2) is 31.5 Å². The molecule has 422 valence electrons. The van der Waals surface area contributed by atoms with Crippen molar-refractivity contribution in [3.63, 3.8) is 0 Å². The molecule has 1 unspecified atom stereocenters. The highest BCUT2D eigenvalue weighted by Crippen LogP contribution is 2.53. The number of ether oxygens (including phenoxy) is 2. The van der Waals surface area contributed by atoms with Gasteiger partial charge in [-0.3, -0.25) is 14.6 Å². The van der Waals surface area contributed by atoms with E-state index in [-0.39, 0.29) is 62.9 Å². The van der Waals surface area contributed by atoms with Gasteiger partial charge in [-0.15, -0.1) is 0 Å². The second-order valence-electron chi connectivity index (χ2n) is 22.9. The molecule has 2 atom stereocenters. The summed E-state index contributed by atoms with van der Waals surface area (Å²) in [6, 6.07) is 24.6. The summed E-state index contributed by atoms with van der Waals surface area (Å²) in [5, 5.41) is 27.0. The van der Waals surface area contributed by atoms with Crippen LogP contribution in [0.3, 0.4) is 0 Å². The molecule has 4 aliphatic rings. The van der Waals surface area contributed by atoms with Crippen molar-refractivity contribution < 1.29 is 36.4 Å². The van der Waals surface area contributed by atoms with E-state index in [0.717, 1.165) is 108 Å². The molecular weight excluding hydrogens is 1050 g/mol. The maximum absolute atomic E-state index is 15.0. The number of rotatable bonds is 17. The van der Waals surface area contributed by atoms with Gasteiger partial charge in [0.15, 0.2) is 5.75 Å². The van der Waals surface area contributed by atoms with Gasteiger partial charge in [0, 0.05) is 99.3 Å². The first kappa shape index (κ1) is 55.9. The Kier molecular flexibility index (Phi) is 15.8. The Bertz CT molecular complexity index is 3420. The van der Waals surface area contributed by atoms with Gasteiger partial charge in [0.25, 0.3) is 21.8 Å². The second-order valence-corrected chi connectivity index (χ2v) is 26.8. The normalized spacial score (nSPS) is 21.9. The smallest absolute Gasteiger partial charge is 0.268 e. The van der Waals surface area contributed by atoms with E-state index in [1.54, 1.807) is 12.1 Å². The number of H-pyrrole nitrogens is 1. The first-order valence-corrected chi connectivity index (χ1v) is 30.6. The summed E-state index contributed by atoms with van der Waals surface area (Å²) in [6.07, 6.45) is 10.6. The predicted molar refractivity (Wildman–Crippen MR) is 305 cm³/mol. The highest BCUT2D eigenvalue weighted by Gasteiger charge is 2.50. The van der Waals surface area contributed by atoms with Crippen LogP contribution in [0, 0.1) is 27.1 Å². The lowest BCUT2D eigenvalue weighted by molar-refractivity contribution is -0.0628. The number of carbonyl (C=O) groups is 1. The van der Waals surface area contributed by atoms with Crippen LogP contribution >= 0.6 is 0 Å². The zero-order valence-corrected chi connectivity index (χ0v) is 47.4. The molecule has 2 aliphatic carbocycles. The summed E-state index contributed by atoms with van der Waals surface area (Å²) in [7, 11) is -4.79. The molecule has 79 heavy (non-hydrogen) atoms. The average Bonchev–Trinajstić information content (AvgIpc) is 3.92. The SMILES string of the molecule is COc1nc2[nH]cc(F)c2cc1Oc1cc(N2CCC3(CC2)CC(N2CCN(Cc4ccc(S(C)(=N)=O)cc4)C[C@H]2c2ccccc2C(C)C)C3)ccc1C(=O)NS(=O)(=O)c1cnc(NCC2CCC(C)(O)CC2)c(N(C)[O-])c1. The monoisotopic (exact) mass is 1120 g/mol. The highest BCUT2D eigenvalue weighted by atomic mass is 32.2. The Morgan fingerprint density at radius 1 is 0.975 bits per heavy atom. The number of aliphatic hydroxyl groups is 1. The Morgan fingerprint density at radius 2 is 1.70 bits per heavy atom. The molecule has 2 aliphatic heterocycles. The Hall–Kier alpha value is -6.36. The van der Waals surface area contributed by atoms with Gasteiger partial charge in [0.1, 0.15) is 27.9 Å². The first-order chi connectivity index (χ1) is 37.6. The molecule has 21 heteroatoms. The van der Waals surface area contributed by atoms with Gasteiger partial charge in [-0.05, 0) is 130 Å². The summed E-state index contributed by atoms with van der Waals surface area (Å²) in [4.78, 5) is 33.4. The van der Waals surface area contributed by atoms with Crippen molar-refractivity contribution in [2.24, 2.45) is 11.3 Å². The predicted octanol–water partition coefficient (Wildman–Crippen LogP) is 9.77. The van der Waals surface area contributed by atoms with Crippen molar-refractivity contribution in [3.05, 3.63) is 125 Å². The van der Waals surface area contributed by atoms with Crippen LogP contribution in [0.4, 0.5) is 21.6 Å². The van der Waals surface area contributed by atoms with Crippen LogP contribution in [0.5, 0.6) is 17.4 Å². The number of amides is 1. The van der Waals surface area contributed by atoms with Crippen LogP contribution < -0.4 is 29.5 Å². The molecule has 2 saturated carbocycles. The molecule has 0 radical (unpaired) electrons. The molecule has 6 aromatic rings. The zero-order chi connectivity index (χ0) is 56.0. The van der Waals surface area contributed by atoms with E-state index in [1.165, 1.54) is 43.7 Å². The van der Waals surface area contributed by atoms with Crippen molar-refractivity contribution in [2.75, 3.05) is 75.0 Å². The molecule has 3 aromatic heterocycles. The molecule has 10 rings (SSSR count). The van der Waals surface area contributed by atoms with Crippen molar-refractivity contribution in [1.82, 2.24) is 29.5 Å². The fraction of sp³-hybridized carbons (Fsp3) is 0.466. The number of methoxy groups -OCH3 is 1. The number of aromatic nitrogens is 3. The fourth-order valence-electron chi connectivity index (χ4n) is 12.2. The first-order valence-electron chi connectivity index (χ1n) is 27.2. The minimum Gasteiger partial charge on any atom is -0.758 e. The molecule has 1 spiro atoms. The van der Waals surface area contributed by atoms with Gasteiger partial charge < -0.3 is 40.1 Å². The number of sulfonamides is 1.